The van der Waals surface area contributed by atoms with Gasteiger partial charge in [0.05, 0.1) is 38.1 Å². The molecule has 5 nitrogen and oxygen atoms in total. The summed E-state index contributed by atoms with van der Waals surface area (Å²) in [7, 11) is 0. The summed E-state index contributed by atoms with van der Waals surface area (Å²) in [6, 6.07) is 0. The fourth-order valence-electron chi connectivity index (χ4n) is 5.51. The van der Waals surface area contributed by atoms with Crippen LogP contribution >= 0.6 is 0 Å². The molecule has 0 aromatic rings. The summed E-state index contributed by atoms with van der Waals surface area (Å²) < 4.78 is 15.5. The smallest absolute Gasteiger partial charge is 0.0828 e. The van der Waals surface area contributed by atoms with Gasteiger partial charge in [0.15, 0.2) is 0 Å². The van der Waals surface area contributed by atoms with Gasteiger partial charge in [-0.25, -0.2) is 0 Å². The molecule has 5 heteroatoms. The highest BCUT2D eigenvalue weighted by atomic mass is 16.5. The van der Waals surface area contributed by atoms with Crippen LogP contribution in [0.3, 0.4) is 0 Å². The van der Waals surface area contributed by atoms with Crippen molar-refractivity contribution in [2.45, 2.75) is 133 Å². The highest BCUT2D eigenvalue weighted by molar-refractivity contribution is 4.96. The van der Waals surface area contributed by atoms with Crippen LogP contribution in [0.5, 0.6) is 0 Å². The van der Waals surface area contributed by atoms with Crippen molar-refractivity contribution in [2.24, 2.45) is 39.4 Å². The first-order valence-electron chi connectivity index (χ1n) is 15.3. The lowest BCUT2D eigenvalue weighted by Crippen LogP contribution is -2.31. The van der Waals surface area contributed by atoms with E-state index in [0.717, 1.165) is 57.5 Å². The molecule has 38 heavy (non-hydrogen) atoms. The molecule has 1 aliphatic carbocycles. The predicted octanol–water partition coefficient (Wildman–Crippen LogP) is 7.52. The molecular formula is C33H66O5. The molecule has 4 fully saturated rings. The predicted molar refractivity (Wildman–Crippen MR) is 159 cm³/mol. The Morgan fingerprint density at radius 2 is 1.16 bits per heavy atom. The van der Waals surface area contributed by atoms with Crippen molar-refractivity contribution < 1.29 is 24.4 Å². The number of aliphatic hydroxyl groups excluding tert-OH is 1. The van der Waals surface area contributed by atoms with Gasteiger partial charge in [-0.05, 0) is 66.1 Å². The Morgan fingerprint density at radius 1 is 0.658 bits per heavy atom. The average molecular weight is 543 g/mol. The molecule has 2 unspecified atom stereocenters. The summed E-state index contributed by atoms with van der Waals surface area (Å²) in [6.07, 6.45) is 6.56. The van der Waals surface area contributed by atoms with Crippen LogP contribution in [0, 0.1) is 39.4 Å². The molecule has 228 valence electrons. The van der Waals surface area contributed by atoms with Crippen molar-refractivity contribution in [1.82, 2.24) is 0 Å². The summed E-state index contributed by atoms with van der Waals surface area (Å²) >= 11 is 0. The highest BCUT2D eigenvalue weighted by Crippen LogP contribution is 2.44. The van der Waals surface area contributed by atoms with Gasteiger partial charge in [0.25, 0.3) is 0 Å². The number of hydrogen-bond donors (Lipinski definition) is 2. The van der Waals surface area contributed by atoms with Crippen molar-refractivity contribution in [1.29, 1.82) is 0 Å². The van der Waals surface area contributed by atoms with Crippen molar-refractivity contribution in [3.63, 3.8) is 0 Å². The molecule has 0 amide bonds. The van der Waals surface area contributed by atoms with Gasteiger partial charge in [-0.3, -0.25) is 0 Å². The SMILES string of the molecule is CC(C)(C)C1CCOCC1.CC(C)(C)C1COCC1O.CC(C)(C)CC1(O)CC1.CC(C)(C)CC1COC1. The first-order valence-corrected chi connectivity index (χ1v) is 15.3. The van der Waals surface area contributed by atoms with Crippen LogP contribution in [0.25, 0.3) is 0 Å². The first kappa shape index (κ1) is 35.8. The zero-order valence-electron chi connectivity index (χ0n) is 27.4. The van der Waals surface area contributed by atoms with E-state index in [0.29, 0.717) is 35.4 Å². The summed E-state index contributed by atoms with van der Waals surface area (Å²) in [5, 5.41) is 18.9. The maximum atomic E-state index is 9.46. The van der Waals surface area contributed by atoms with E-state index >= 15 is 0 Å². The Labute approximate surface area is 236 Å². The molecule has 0 bridgehead atoms. The lowest BCUT2D eigenvalue weighted by atomic mass is 9.76. The van der Waals surface area contributed by atoms with E-state index in [4.69, 9.17) is 14.2 Å². The summed E-state index contributed by atoms with van der Waals surface area (Å²) in [5.41, 5.74) is 1.19. The lowest BCUT2D eigenvalue weighted by Gasteiger charge is -2.33. The fourth-order valence-corrected chi connectivity index (χ4v) is 5.51. The molecule has 2 N–H and O–H groups in total. The third kappa shape index (κ3) is 16.2. The first-order chi connectivity index (χ1) is 17.1. The van der Waals surface area contributed by atoms with Gasteiger partial charge in [0.1, 0.15) is 0 Å². The zero-order chi connectivity index (χ0) is 29.4. The van der Waals surface area contributed by atoms with Crippen LogP contribution in [0.15, 0.2) is 0 Å². The van der Waals surface area contributed by atoms with E-state index in [9.17, 15) is 10.2 Å². The van der Waals surface area contributed by atoms with E-state index in [1.165, 1.54) is 19.3 Å². The molecule has 4 rings (SSSR count). The van der Waals surface area contributed by atoms with E-state index in [2.05, 4.69) is 83.1 Å². The standard InChI is InChI=1S/C9H18O.C8H16O2.2C8H16O/c1-9(2,3)8-4-6-10-7-5-8;1-8(2,3)6-4-10-5-7(6)9;1-8(2,3)4-7-5-9-6-7;1-7(2,3)6-8(9)4-5-8/h8H,4-7H2,1-3H3;6-7,9H,4-5H2,1-3H3;7H,4-6H2,1-3H3;9H,4-6H2,1-3H3. The number of rotatable bonds is 2. The van der Waals surface area contributed by atoms with Crippen molar-refractivity contribution >= 4 is 0 Å². The fraction of sp³-hybridized carbons (Fsp3) is 1.00. The van der Waals surface area contributed by atoms with E-state index in [1.54, 1.807) is 0 Å². The zero-order valence-corrected chi connectivity index (χ0v) is 27.4. The molecule has 4 aliphatic rings. The second kappa shape index (κ2) is 14.6. The quantitative estimate of drug-likeness (QED) is 0.378. The normalized spacial score (nSPS) is 26.1. The van der Waals surface area contributed by atoms with E-state index in [1.807, 2.05) is 0 Å². The van der Waals surface area contributed by atoms with Gasteiger partial charge < -0.3 is 24.4 Å². The highest BCUT2D eigenvalue weighted by Gasteiger charge is 2.43. The Bertz CT molecular complexity index is 629. The number of ether oxygens (including phenoxy) is 3. The molecule has 2 atom stereocenters. The van der Waals surface area contributed by atoms with Gasteiger partial charge in [0, 0.05) is 25.0 Å². The second-order valence-corrected chi connectivity index (χ2v) is 17.0. The molecule has 0 aromatic carbocycles. The third-order valence-corrected chi connectivity index (χ3v) is 7.90. The topological polar surface area (TPSA) is 68.2 Å². The monoisotopic (exact) mass is 542 g/mol. The largest absolute Gasteiger partial charge is 0.390 e. The molecule has 3 aliphatic heterocycles. The molecule has 1 saturated carbocycles. The minimum absolute atomic E-state index is 0.177. The maximum Gasteiger partial charge on any atom is 0.0828 e. The van der Waals surface area contributed by atoms with E-state index in [-0.39, 0.29) is 17.1 Å². The van der Waals surface area contributed by atoms with Gasteiger partial charge in [-0.1, -0.05) is 83.1 Å². The average Bonchev–Trinajstić information content (AvgIpc) is 3.24. The lowest BCUT2D eigenvalue weighted by molar-refractivity contribution is -0.0486. The molecule has 0 radical (unpaired) electrons. The van der Waals surface area contributed by atoms with Crippen LogP contribution in [0.2, 0.25) is 0 Å². The maximum absolute atomic E-state index is 9.46. The number of aliphatic hydroxyl groups is 2. The molecule has 0 aromatic heterocycles. The van der Waals surface area contributed by atoms with Gasteiger partial charge >= 0.3 is 0 Å². The Kier molecular flexibility index (Phi) is 13.8. The van der Waals surface area contributed by atoms with Crippen LogP contribution in [-0.2, 0) is 14.2 Å². The Balaban J connectivity index is 0.000000254. The number of hydrogen-bond acceptors (Lipinski definition) is 5. The second-order valence-electron chi connectivity index (χ2n) is 17.0. The molecule has 0 spiro atoms. The third-order valence-electron chi connectivity index (χ3n) is 7.90. The Hall–Kier alpha value is -0.200. The summed E-state index contributed by atoms with van der Waals surface area (Å²) in [6.45, 7) is 31.9. The molecule has 3 heterocycles. The van der Waals surface area contributed by atoms with Crippen LogP contribution in [0.4, 0.5) is 0 Å². The minimum atomic E-state index is -0.266. The van der Waals surface area contributed by atoms with E-state index < -0.39 is 0 Å². The van der Waals surface area contributed by atoms with Crippen molar-refractivity contribution in [3.05, 3.63) is 0 Å². The summed E-state index contributed by atoms with van der Waals surface area (Å²) in [4.78, 5) is 0. The van der Waals surface area contributed by atoms with Crippen molar-refractivity contribution in [3.8, 4) is 0 Å². The van der Waals surface area contributed by atoms with Crippen LogP contribution in [0.1, 0.15) is 122 Å². The van der Waals surface area contributed by atoms with Gasteiger partial charge in [-0.2, -0.15) is 0 Å². The molecule has 3 saturated heterocycles. The Morgan fingerprint density at radius 3 is 1.34 bits per heavy atom. The molecular weight excluding hydrogens is 476 g/mol. The van der Waals surface area contributed by atoms with Crippen LogP contribution < -0.4 is 0 Å². The minimum Gasteiger partial charge on any atom is -0.390 e. The van der Waals surface area contributed by atoms with Gasteiger partial charge in [0.2, 0.25) is 0 Å². The van der Waals surface area contributed by atoms with Crippen molar-refractivity contribution in [2.75, 3.05) is 39.6 Å². The van der Waals surface area contributed by atoms with Gasteiger partial charge in [-0.15, -0.1) is 0 Å². The summed E-state index contributed by atoms with van der Waals surface area (Å²) in [5.74, 6) is 2.04. The van der Waals surface area contributed by atoms with Crippen LogP contribution in [-0.4, -0.2) is 61.6 Å².